The van der Waals surface area contributed by atoms with E-state index < -0.39 is 0 Å². The number of aryl methyl sites for hydroxylation is 2. The summed E-state index contributed by atoms with van der Waals surface area (Å²) >= 11 is 0. The highest BCUT2D eigenvalue weighted by atomic mass is 16.5. The number of amides is 2. The molecule has 1 aliphatic rings. The summed E-state index contributed by atoms with van der Waals surface area (Å²) in [5.74, 6) is 0.554. The predicted octanol–water partition coefficient (Wildman–Crippen LogP) is 3.45. The topological polar surface area (TPSA) is 58.6 Å². The van der Waals surface area contributed by atoms with Crippen molar-refractivity contribution in [3.05, 3.63) is 53.6 Å². The van der Waals surface area contributed by atoms with Crippen LogP contribution >= 0.6 is 0 Å². The minimum Gasteiger partial charge on any atom is -0.484 e. The Morgan fingerprint density at radius 2 is 1.92 bits per heavy atom. The van der Waals surface area contributed by atoms with Gasteiger partial charge in [0.2, 0.25) is 5.91 Å². The van der Waals surface area contributed by atoms with Gasteiger partial charge in [0.1, 0.15) is 5.75 Å². The van der Waals surface area contributed by atoms with Crippen molar-refractivity contribution in [3.63, 3.8) is 0 Å². The highest BCUT2D eigenvalue weighted by molar-refractivity contribution is 5.95. The summed E-state index contributed by atoms with van der Waals surface area (Å²) in [6, 6.07) is 13.1. The number of carbonyl (C=O) groups excluding carboxylic acids is 2. The Labute approximate surface area is 147 Å². The molecule has 1 aliphatic heterocycles. The monoisotopic (exact) mass is 338 g/mol. The standard InChI is InChI=1S/C20H22N2O3/c1-14-5-10-18(15(2)12-14)21-19(23)13-25-17-8-6-16(7-9-17)22-11-3-4-20(22)24/h5-10,12H,3-4,11,13H2,1-2H3,(H,21,23). The molecule has 0 bridgehead atoms. The maximum absolute atomic E-state index is 12.1. The van der Waals surface area contributed by atoms with E-state index in [1.54, 1.807) is 17.0 Å². The summed E-state index contributed by atoms with van der Waals surface area (Å²) in [6.45, 7) is 4.68. The lowest BCUT2D eigenvalue weighted by Crippen LogP contribution is -2.23. The Bertz CT molecular complexity index is 784. The van der Waals surface area contributed by atoms with Gasteiger partial charge in [-0.1, -0.05) is 17.7 Å². The van der Waals surface area contributed by atoms with Gasteiger partial charge >= 0.3 is 0 Å². The van der Waals surface area contributed by atoms with Crippen molar-refractivity contribution in [2.24, 2.45) is 0 Å². The number of hydrogen-bond donors (Lipinski definition) is 1. The van der Waals surface area contributed by atoms with Crippen LogP contribution in [-0.2, 0) is 9.59 Å². The minimum atomic E-state index is -0.203. The number of anilines is 2. The number of benzene rings is 2. The van der Waals surface area contributed by atoms with Crippen molar-refractivity contribution in [2.75, 3.05) is 23.4 Å². The van der Waals surface area contributed by atoms with Gasteiger partial charge in [-0.15, -0.1) is 0 Å². The lowest BCUT2D eigenvalue weighted by Gasteiger charge is -2.16. The number of nitrogens with zero attached hydrogens (tertiary/aromatic N) is 1. The Kier molecular flexibility index (Phi) is 5.03. The number of rotatable bonds is 5. The van der Waals surface area contributed by atoms with Gasteiger partial charge in [0.25, 0.3) is 5.91 Å². The normalized spacial score (nSPS) is 13.8. The Morgan fingerprint density at radius 3 is 2.56 bits per heavy atom. The Balaban J connectivity index is 1.54. The van der Waals surface area contributed by atoms with E-state index >= 15 is 0 Å². The fraction of sp³-hybridized carbons (Fsp3) is 0.300. The van der Waals surface area contributed by atoms with Crippen molar-refractivity contribution in [2.45, 2.75) is 26.7 Å². The predicted molar refractivity (Wildman–Crippen MR) is 98.1 cm³/mol. The van der Waals surface area contributed by atoms with Gasteiger partial charge in [0.15, 0.2) is 6.61 Å². The fourth-order valence-corrected chi connectivity index (χ4v) is 2.93. The third-order valence-corrected chi connectivity index (χ3v) is 4.25. The second-order valence-corrected chi connectivity index (χ2v) is 6.30. The first-order valence-corrected chi connectivity index (χ1v) is 8.43. The zero-order valence-corrected chi connectivity index (χ0v) is 14.5. The lowest BCUT2D eigenvalue weighted by atomic mass is 10.1. The van der Waals surface area contributed by atoms with Crippen LogP contribution < -0.4 is 15.0 Å². The van der Waals surface area contributed by atoms with Crippen LogP contribution in [0.1, 0.15) is 24.0 Å². The lowest BCUT2D eigenvalue weighted by molar-refractivity contribution is -0.118. The minimum absolute atomic E-state index is 0.0602. The highest BCUT2D eigenvalue weighted by Gasteiger charge is 2.21. The quantitative estimate of drug-likeness (QED) is 0.908. The van der Waals surface area contributed by atoms with Crippen molar-refractivity contribution >= 4 is 23.2 Å². The molecular formula is C20H22N2O3. The maximum atomic E-state index is 12.1. The summed E-state index contributed by atoms with van der Waals surface area (Å²) in [6.07, 6.45) is 1.51. The summed E-state index contributed by atoms with van der Waals surface area (Å²) in [5.41, 5.74) is 3.84. The van der Waals surface area contributed by atoms with E-state index in [1.807, 2.05) is 44.2 Å². The molecule has 2 aromatic rings. The molecule has 0 saturated carbocycles. The van der Waals surface area contributed by atoms with Gasteiger partial charge in [0.05, 0.1) is 0 Å². The molecule has 0 aromatic heterocycles. The number of hydrogen-bond acceptors (Lipinski definition) is 3. The Hall–Kier alpha value is -2.82. The molecule has 130 valence electrons. The van der Waals surface area contributed by atoms with E-state index in [-0.39, 0.29) is 18.4 Å². The molecule has 2 aromatic carbocycles. The van der Waals surface area contributed by atoms with Gasteiger partial charge in [-0.2, -0.15) is 0 Å². The SMILES string of the molecule is Cc1ccc(NC(=O)COc2ccc(N3CCCC3=O)cc2)c(C)c1. The van der Waals surface area contributed by atoms with Crippen molar-refractivity contribution < 1.29 is 14.3 Å². The molecule has 0 atom stereocenters. The summed E-state index contributed by atoms with van der Waals surface area (Å²) in [7, 11) is 0. The molecule has 0 aliphatic carbocycles. The summed E-state index contributed by atoms with van der Waals surface area (Å²) in [5, 5.41) is 2.85. The maximum Gasteiger partial charge on any atom is 0.262 e. The molecule has 1 heterocycles. The van der Waals surface area contributed by atoms with Crippen LogP contribution in [0.4, 0.5) is 11.4 Å². The summed E-state index contributed by atoms with van der Waals surface area (Å²) in [4.78, 5) is 25.6. The van der Waals surface area contributed by atoms with E-state index in [4.69, 9.17) is 4.74 Å². The average molecular weight is 338 g/mol. The first-order chi connectivity index (χ1) is 12.0. The second kappa shape index (κ2) is 7.38. The van der Waals surface area contributed by atoms with E-state index in [2.05, 4.69) is 5.32 Å². The van der Waals surface area contributed by atoms with Crippen molar-refractivity contribution in [3.8, 4) is 5.75 Å². The third kappa shape index (κ3) is 4.18. The molecule has 3 rings (SSSR count). The molecule has 1 N–H and O–H groups in total. The molecule has 25 heavy (non-hydrogen) atoms. The molecule has 5 heteroatoms. The van der Waals surface area contributed by atoms with Gasteiger partial charge in [-0.25, -0.2) is 0 Å². The molecular weight excluding hydrogens is 316 g/mol. The van der Waals surface area contributed by atoms with Crippen LogP contribution in [-0.4, -0.2) is 25.0 Å². The Morgan fingerprint density at radius 1 is 1.16 bits per heavy atom. The van der Waals surface area contributed by atoms with Crippen LogP contribution in [0.25, 0.3) is 0 Å². The third-order valence-electron chi connectivity index (χ3n) is 4.25. The first kappa shape index (κ1) is 17.0. The van der Waals surface area contributed by atoms with E-state index in [0.717, 1.165) is 35.5 Å². The van der Waals surface area contributed by atoms with Gasteiger partial charge in [0, 0.05) is 24.3 Å². The van der Waals surface area contributed by atoms with Gasteiger partial charge in [-0.05, 0) is 56.2 Å². The molecule has 0 spiro atoms. The van der Waals surface area contributed by atoms with Gasteiger partial charge < -0.3 is 15.0 Å². The molecule has 0 radical (unpaired) electrons. The second-order valence-electron chi connectivity index (χ2n) is 6.30. The van der Waals surface area contributed by atoms with Crippen LogP contribution in [0.3, 0.4) is 0 Å². The zero-order valence-electron chi connectivity index (χ0n) is 14.5. The van der Waals surface area contributed by atoms with Crippen LogP contribution in [0.15, 0.2) is 42.5 Å². The number of carbonyl (C=O) groups is 2. The number of nitrogens with one attached hydrogen (secondary N) is 1. The van der Waals surface area contributed by atoms with Crippen LogP contribution in [0, 0.1) is 13.8 Å². The molecule has 1 fully saturated rings. The molecule has 0 unspecified atom stereocenters. The molecule has 1 saturated heterocycles. The largest absolute Gasteiger partial charge is 0.484 e. The molecule has 2 amide bonds. The average Bonchev–Trinajstić information content (AvgIpc) is 3.02. The van der Waals surface area contributed by atoms with E-state index in [0.29, 0.717) is 12.2 Å². The zero-order chi connectivity index (χ0) is 17.8. The fourth-order valence-electron chi connectivity index (χ4n) is 2.93. The van der Waals surface area contributed by atoms with E-state index in [1.165, 1.54) is 0 Å². The summed E-state index contributed by atoms with van der Waals surface area (Å²) < 4.78 is 5.53. The van der Waals surface area contributed by atoms with Crippen LogP contribution in [0.2, 0.25) is 0 Å². The van der Waals surface area contributed by atoms with Crippen LogP contribution in [0.5, 0.6) is 5.75 Å². The van der Waals surface area contributed by atoms with Crippen molar-refractivity contribution in [1.82, 2.24) is 0 Å². The highest BCUT2D eigenvalue weighted by Crippen LogP contribution is 2.24. The molecule has 5 nitrogen and oxygen atoms in total. The van der Waals surface area contributed by atoms with E-state index in [9.17, 15) is 9.59 Å². The number of ether oxygens (including phenoxy) is 1. The van der Waals surface area contributed by atoms with Gasteiger partial charge in [-0.3, -0.25) is 9.59 Å². The smallest absolute Gasteiger partial charge is 0.262 e. The van der Waals surface area contributed by atoms with Crippen molar-refractivity contribution in [1.29, 1.82) is 0 Å². The first-order valence-electron chi connectivity index (χ1n) is 8.43.